The number of aryl methyl sites for hydroxylation is 2. The number of rotatable bonds is 39. The molecule has 62 heavy (non-hydrogen) atoms. The number of allylic oxidation sites excluding steroid dienone is 4. The number of carbonyl (C=O) groups excluding carboxylic acids is 2. The van der Waals surface area contributed by atoms with E-state index >= 15 is 0 Å². The molecule has 356 valence electrons. The van der Waals surface area contributed by atoms with E-state index in [9.17, 15) is 19.0 Å². The van der Waals surface area contributed by atoms with Crippen LogP contribution < -0.4 is 0 Å². The van der Waals surface area contributed by atoms with Crippen LogP contribution in [0.4, 0.5) is 0 Å². The number of furan rings is 1. The summed E-state index contributed by atoms with van der Waals surface area (Å²) in [4.78, 5) is 35.6. The van der Waals surface area contributed by atoms with Crippen LogP contribution in [0, 0.1) is 13.8 Å². The zero-order chi connectivity index (χ0) is 45.5. The Kier molecular flexibility index (Phi) is 29.6. The van der Waals surface area contributed by atoms with Gasteiger partial charge in [-0.2, -0.15) is 0 Å². The number of carbonyl (C=O) groups is 2. The maximum Gasteiger partial charge on any atom is 0.472 e. The van der Waals surface area contributed by atoms with Crippen molar-refractivity contribution in [3.05, 3.63) is 59.1 Å². The summed E-state index contributed by atoms with van der Waals surface area (Å²) in [7, 11) is 1.41. The summed E-state index contributed by atoms with van der Waals surface area (Å²) in [6.45, 7) is 8.62. The molecule has 11 nitrogen and oxygen atoms in total. The normalized spacial score (nSPS) is 17.0. The van der Waals surface area contributed by atoms with Gasteiger partial charge < -0.3 is 28.0 Å². The third-order valence-corrected chi connectivity index (χ3v) is 12.3. The molecule has 1 aliphatic rings. The summed E-state index contributed by atoms with van der Waals surface area (Å²) >= 11 is 0. The van der Waals surface area contributed by atoms with Crippen molar-refractivity contribution in [1.29, 1.82) is 0 Å². The number of epoxide rings is 1. The highest BCUT2D eigenvalue weighted by Crippen LogP contribution is 2.43. The largest absolute Gasteiger partial charge is 0.472 e. The smallest absolute Gasteiger partial charge is 0.466 e. The fourth-order valence-corrected chi connectivity index (χ4v) is 7.79. The number of ether oxygens (including phenoxy) is 3. The third-order valence-electron chi connectivity index (χ3n) is 11.3. The van der Waals surface area contributed by atoms with Crippen molar-refractivity contribution in [3.8, 4) is 0 Å². The zero-order valence-electron chi connectivity index (χ0n) is 40.0. The number of unbranched alkanes of at least 4 members (excludes halogenated alkanes) is 13. The van der Waals surface area contributed by atoms with Crippen LogP contribution in [0.3, 0.4) is 0 Å². The van der Waals surface area contributed by atoms with Crippen LogP contribution in [-0.4, -0.2) is 87.1 Å². The van der Waals surface area contributed by atoms with Crippen LogP contribution in [0.2, 0.25) is 0 Å². The molecule has 1 fully saturated rings. The summed E-state index contributed by atoms with van der Waals surface area (Å²) in [6, 6.07) is 0. The summed E-state index contributed by atoms with van der Waals surface area (Å²) < 4.78 is 46.4. The summed E-state index contributed by atoms with van der Waals surface area (Å²) in [5, 5.41) is 0. The van der Waals surface area contributed by atoms with Gasteiger partial charge in [-0.1, -0.05) is 115 Å². The number of phosphoric ester groups is 1. The molecule has 12 heteroatoms. The Morgan fingerprint density at radius 1 is 0.677 bits per heavy atom. The first-order valence-corrected chi connectivity index (χ1v) is 25.7. The Morgan fingerprint density at radius 3 is 1.85 bits per heavy atom. The number of phosphoric acid groups is 1. The predicted octanol–water partition coefficient (Wildman–Crippen LogP) is 12.3. The lowest BCUT2D eigenvalue weighted by molar-refractivity contribution is -0.870. The molecule has 0 saturated carbocycles. The highest BCUT2D eigenvalue weighted by molar-refractivity contribution is 7.47. The van der Waals surface area contributed by atoms with Gasteiger partial charge in [-0.25, -0.2) is 4.57 Å². The Labute approximate surface area is 376 Å². The molecular weight excluding hydrogens is 806 g/mol. The molecular formula is C50H87NO10P+. The van der Waals surface area contributed by atoms with Gasteiger partial charge in [0.1, 0.15) is 31.3 Å². The number of esters is 2. The first kappa shape index (κ1) is 55.6. The Hall–Kier alpha value is -2.53. The molecule has 4 atom stereocenters. The van der Waals surface area contributed by atoms with E-state index in [0.29, 0.717) is 30.3 Å². The monoisotopic (exact) mass is 893 g/mol. The molecule has 1 N–H and O–H groups in total. The van der Waals surface area contributed by atoms with E-state index in [0.717, 1.165) is 70.0 Å². The number of likely N-dealkylation sites (N-methyl/N-ethyl adjacent to an activating group) is 1. The van der Waals surface area contributed by atoms with Crippen molar-refractivity contribution in [3.63, 3.8) is 0 Å². The third kappa shape index (κ3) is 28.3. The minimum Gasteiger partial charge on any atom is -0.466 e. The minimum atomic E-state index is -4.41. The summed E-state index contributed by atoms with van der Waals surface area (Å²) in [6.07, 6.45) is 36.1. The average molecular weight is 893 g/mol. The molecule has 2 heterocycles. The molecule has 0 spiro atoms. The second kappa shape index (κ2) is 33.0. The Balaban J connectivity index is 1.64. The van der Waals surface area contributed by atoms with Crippen LogP contribution in [0.15, 0.2) is 40.9 Å². The van der Waals surface area contributed by atoms with Gasteiger partial charge in [0.2, 0.25) is 0 Å². The highest BCUT2D eigenvalue weighted by Gasteiger charge is 2.36. The first-order valence-electron chi connectivity index (χ1n) is 24.2. The van der Waals surface area contributed by atoms with Crippen molar-refractivity contribution >= 4 is 19.8 Å². The van der Waals surface area contributed by atoms with Crippen molar-refractivity contribution < 1.29 is 51.2 Å². The van der Waals surface area contributed by atoms with E-state index in [1.54, 1.807) is 0 Å². The average Bonchev–Trinajstić information content (AvgIpc) is 3.92. The van der Waals surface area contributed by atoms with Gasteiger partial charge >= 0.3 is 19.8 Å². The van der Waals surface area contributed by atoms with Gasteiger partial charge in [0.25, 0.3) is 0 Å². The Morgan fingerprint density at radius 2 is 1.21 bits per heavy atom. The number of hydrogen-bond donors (Lipinski definition) is 1. The van der Waals surface area contributed by atoms with Crippen LogP contribution in [-0.2, 0) is 50.3 Å². The van der Waals surface area contributed by atoms with Crippen molar-refractivity contribution in [2.45, 2.75) is 200 Å². The van der Waals surface area contributed by atoms with Gasteiger partial charge in [0.15, 0.2) is 6.10 Å². The van der Waals surface area contributed by atoms with Crippen molar-refractivity contribution in [2.75, 3.05) is 47.5 Å². The Bertz CT molecular complexity index is 1490. The van der Waals surface area contributed by atoms with Crippen molar-refractivity contribution in [1.82, 2.24) is 0 Å². The number of nitrogens with zero attached hydrogens (tertiary/aromatic N) is 1. The second-order valence-corrected chi connectivity index (χ2v) is 19.6. The van der Waals surface area contributed by atoms with Crippen LogP contribution in [0.25, 0.3) is 0 Å². The lowest BCUT2D eigenvalue weighted by atomic mass is 10.0. The predicted molar refractivity (Wildman–Crippen MR) is 250 cm³/mol. The molecule has 2 rings (SSSR count). The topological polar surface area (TPSA) is 134 Å². The van der Waals surface area contributed by atoms with Gasteiger partial charge in [-0.3, -0.25) is 18.6 Å². The van der Waals surface area contributed by atoms with Gasteiger partial charge in [0, 0.05) is 25.7 Å². The van der Waals surface area contributed by atoms with E-state index in [4.69, 9.17) is 27.7 Å². The number of hydrogen-bond acceptors (Lipinski definition) is 9. The molecule has 0 amide bonds. The second-order valence-electron chi connectivity index (χ2n) is 18.1. The minimum absolute atomic E-state index is 0.0111. The quantitative estimate of drug-likeness (QED) is 0.0170. The molecule has 0 aromatic carbocycles. The maximum atomic E-state index is 12.8. The fraction of sp³-hybridized carbons (Fsp3) is 0.760. The van der Waals surface area contributed by atoms with E-state index in [1.165, 1.54) is 74.7 Å². The van der Waals surface area contributed by atoms with Gasteiger partial charge in [-0.15, -0.1) is 0 Å². The SMILES string of the molecule is CCCCC/C=C\C/C=C\CC1OC1C/C=C\CCCC(=O)O[C@H](COC(=O)CCCCCCCCCCc1oc(CCCCC)c(C)c1C)COP(=O)(O)OCC[N+](C)(C)C. The highest BCUT2D eigenvalue weighted by atomic mass is 31.2. The zero-order valence-corrected chi connectivity index (χ0v) is 40.9. The summed E-state index contributed by atoms with van der Waals surface area (Å²) in [5.74, 6) is 1.44. The summed E-state index contributed by atoms with van der Waals surface area (Å²) in [5.41, 5.74) is 2.66. The van der Waals surface area contributed by atoms with Crippen molar-refractivity contribution in [2.24, 2.45) is 0 Å². The maximum absolute atomic E-state index is 12.8. The van der Waals surface area contributed by atoms with E-state index in [2.05, 4.69) is 64.2 Å². The van der Waals surface area contributed by atoms with Crippen LogP contribution in [0.5, 0.6) is 0 Å². The van der Waals surface area contributed by atoms with Crippen LogP contribution >= 0.6 is 7.82 Å². The lowest BCUT2D eigenvalue weighted by Crippen LogP contribution is -2.37. The van der Waals surface area contributed by atoms with Gasteiger partial charge in [0.05, 0.1) is 40.0 Å². The molecule has 1 aromatic rings. The fourth-order valence-electron chi connectivity index (χ4n) is 7.05. The van der Waals surface area contributed by atoms with Crippen LogP contribution in [0.1, 0.15) is 178 Å². The molecule has 1 aliphatic heterocycles. The van der Waals surface area contributed by atoms with E-state index in [1.807, 2.05) is 21.1 Å². The molecule has 3 unspecified atom stereocenters. The lowest BCUT2D eigenvalue weighted by Gasteiger charge is -2.24. The molecule has 0 aliphatic carbocycles. The molecule has 1 aromatic heterocycles. The van der Waals surface area contributed by atoms with E-state index in [-0.39, 0.29) is 38.3 Å². The first-order chi connectivity index (χ1) is 29.7. The standard InChI is InChI=1S/C50H86NO10P/c1-8-10-12-13-14-15-19-22-28-34-47-48(61-47)35-29-24-25-31-37-50(53)59-44(41-58-62(54,55)57-39-38-51(5,6)7)40-56-49(52)36-30-23-20-17-16-18-21-27-33-46-43(4)42(3)45(60-46)32-26-11-9-2/h14-15,22,24,28-29,44,47-48H,8-13,16-21,23,25-27,30-41H2,1-7H3/p+1/b15-14-,28-22-,29-24-/t44-,47?,48?/m1/s1. The van der Waals surface area contributed by atoms with E-state index < -0.39 is 32.5 Å². The molecule has 1 saturated heterocycles. The van der Waals surface area contributed by atoms with Gasteiger partial charge in [-0.05, 0) is 89.2 Å². The molecule has 0 bridgehead atoms. The number of quaternary nitrogens is 1. The molecule has 0 radical (unpaired) electrons.